The fourth-order valence-electron chi connectivity index (χ4n) is 2.55. The van der Waals surface area contributed by atoms with Crippen LogP contribution >= 0.6 is 11.6 Å². The molecule has 0 spiro atoms. The first-order chi connectivity index (χ1) is 12.8. The molecule has 0 aliphatic heterocycles. The van der Waals surface area contributed by atoms with E-state index in [1.54, 1.807) is 37.1 Å². The number of nitrogens with zero attached hydrogens (tertiary/aromatic N) is 6. The molecule has 8 nitrogen and oxygen atoms in total. The van der Waals surface area contributed by atoms with Crippen molar-refractivity contribution in [1.82, 2.24) is 29.5 Å². The molecule has 0 radical (unpaired) electrons. The van der Waals surface area contributed by atoms with Crippen molar-refractivity contribution in [2.45, 2.75) is 0 Å². The molecule has 0 saturated carbocycles. The van der Waals surface area contributed by atoms with Gasteiger partial charge in [0, 0.05) is 31.3 Å². The Bertz CT molecular complexity index is 1030. The maximum Gasteiger partial charge on any atom is 0.222 e. The Labute approximate surface area is 153 Å². The van der Waals surface area contributed by atoms with Crippen LogP contribution in [0, 0.1) is 0 Å². The van der Waals surface area contributed by atoms with Gasteiger partial charge in [0.25, 0.3) is 0 Å². The van der Waals surface area contributed by atoms with Gasteiger partial charge >= 0.3 is 0 Å². The number of fused-ring (bicyclic) bond motifs is 1. The summed E-state index contributed by atoms with van der Waals surface area (Å²) in [5, 5.41) is 12.3. The predicted molar refractivity (Wildman–Crippen MR) is 98.3 cm³/mol. The molecule has 0 unspecified atom stereocenters. The highest BCUT2D eigenvalue weighted by molar-refractivity contribution is 6.30. The summed E-state index contributed by atoms with van der Waals surface area (Å²) in [6.45, 7) is 0.397. The smallest absolute Gasteiger partial charge is 0.222 e. The van der Waals surface area contributed by atoms with Crippen molar-refractivity contribution in [2.24, 2.45) is 0 Å². The number of halogens is 1. The first-order valence-corrected chi connectivity index (χ1v) is 8.25. The molecule has 0 atom stereocenters. The van der Waals surface area contributed by atoms with Gasteiger partial charge in [-0.2, -0.15) is 0 Å². The molecular formula is C17H14ClN7O. The summed E-state index contributed by atoms with van der Waals surface area (Å²) in [4.78, 5) is 21.8. The van der Waals surface area contributed by atoms with E-state index in [2.05, 4.69) is 30.2 Å². The van der Waals surface area contributed by atoms with Crippen molar-refractivity contribution in [1.29, 1.82) is 0 Å². The van der Waals surface area contributed by atoms with E-state index >= 15 is 0 Å². The van der Waals surface area contributed by atoms with Gasteiger partial charge in [-0.25, -0.2) is 19.9 Å². The second-order valence-corrected chi connectivity index (χ2v) is 5.85. The number of nitrogens with one attached hydrogen (secondary N) is 1. The average molecular weight is 368 g/mol. The molecule has 2 N–H and O–H groups in total. The summed E-state index contributed by atoms with van der Waals surface area (Å²) in [6, 6.07) is 5.43. The van der Waals surface area contributed by atoms with E-state index in [-0.39, 0.29) is 6.61 Å². The summed E-state index contributed by atoms with van der Waals surface area (Å²) in [5.41, 5.74) is 2.33. The Hall–Kier alpha value is -3.10. The molecule has 4 heterocycles. The Morgan fingerprint density at radius 3 is 2.62 bits per heavy atom. The van der Waals surface area contributed by atoms with Crippen LogP contribution in [0.5, 0.6) is 0 Å². The van der Waals surface area contributed by atoms with Crippen LogP contribution in [-0.4, -0.2) is 47.7 Å². The molecule has 0 aliphatic carbocycles. The number of hydrogen-bond acceptors (Lipinski definition) is 7. The van der Waals surface area contributed by atoms with E-state index in [1.165, 1.54) is 0 Å². The molecule has 0 saturated heterocycles. The second-order valence-electron chi connectivity index (χ2n) is 5.42. The molecular weight excluding hydrogens is 354 g/mol. The minimum atomic E-state index is 0.0101. The van der Waals surface area contributed by atoms with Crippen molar-refractivity contribution in [3.05, 3.63) is 54.2 Å². The van der Waals surface area contributed by atoms with E-state index in [1.807, 2.05) is 16.7 Å². The Kier molecular flexibility index (Phi) is 4.42. The SMILES string of the molecule is OCCNc1ncc(-c2nc3ccncc3n2-c2ccc(Cl)cn2)cn1. The molecule has 0 bridgehead atoms. The van der Waals surface area contributed by atoms with E-state index in [9.17, 15) is 0 Å². The summed E-state index contributed by atoms with van der Waals surface area (Å²) >= 11 is 5.96. The predicted octanol–water partition coefficient (Wildman–Crippen LogP) is 2.33. The van der Waals surface area contributed by atoms with Gasteiger partial charge in [-0.15, -0.1) is 0 Å². The van der Waals surface area contributed by atoms with Crippen LogP contribution in [0.15, 0.2) is 49.2 Å². The van der Waals surface area contributed by atoms with Crippen LogP contribution in [0.2, 0.25) is 5.02 Å². The van der Waals surface area contributed by atoms with Gasteiger partial charge in [0.05, 0.1) is 34.4 Å². The third-order valence-corrected chi connectivity index (χ3v) is 3.93. The van der Waals surface area contributed by atoms with Crippen LogP contribution < -0.4 is 5.32 Å². The zero-order valence-corrected chi connectivity index (χ0v) is 14.3. The summed E-state index contributed by atoms with van der Waals surface area (Å²) in [5.74, 6) is 1.76. The first kappa shape index (κ1) is 16.4. The maximum atomic E-state index is 8.87. The Morgan fingerprint density at radius 1 is 1.04 bits per heavy atom. The standard InChI is InChI=1S/C17H14ClN7O/c18-12-1-2-15(21-9-12)25-14-10-19-4-3-13(14)24-16(25)11-7-22-17(23-8-11)20-5-6-26/h1-4,7-10,26H,5-6H2,(H,20,22,23). The van der Waals surface area contributed by atoms with Gasteiger partial charge in [0.2, 0.25) is 5.95 Å². The molecule has 9 heteroatoms. The van der Waals surface area contributed by atoms with Gasteiger partial charge in [-0.3, -0.25) is 9.55 Å². The molecule has 4 aromatic rings. The fourth-order valence-corrected chi connectivity index (χ4v) is 2.66. The Morgan fingerprint density at radius 2 is 1.88 bits per heavy atom. The number of aromatic nitrogens is 6. The third kappa shape index (κ3) is 3.07. The summed E-state index contributed by atoms with van der Waals surface area (Å²) < 4.78 is 1.89. The van der Waals surface area contributed by atoms with Crippen molar-refractivity contribution in [3.63, 3.8) is 0 Å². The van der Waals surface area contributed by atoms with Gasteiger partial charge in [0.15, 0.2) is 0 Å². The Balaban J connectivity index is 1.84. The van der Waals surface area contributed by atoms with Crippen LogP contribution in [0.1, 0.15) is 0 Å². The zero-order valence-electron chi connectivity index (χ0n) is 13.5. The highest BCUT2D eigenvalue weighted by Crippen LogP contribution is 2.27. The van der Waals surface area contributed by atoms with Crippen molar-refractivity contribution >= 4 is 28.6 Å². The molecule has 0 amide bonds. The van der Waals surface area contributed by atoms with E-state index in [4.69, 9.17) is 16.7 Å². The monoisotopic (exact) mass is 367 g/mol. The summed E-state index contributed by atoms with van der Waals surface area (Å²) in [6.07, 6.45) is 8.36. The minimum Gasteiger partial charge on any atom is -0.395 e. The fraction of sp³-hybridized carbons (Fsp3) is 0.118. The summed E-state index contributed by atoms with van der Waals surface area (Å²) in [7, 11) is 0. The zero-order chi connectivity index (χ0) is 17.9. The lowest BCUT2D eigenvalue weighted by Gasteiger charge is -2.08. The highest BCUT2D eigenvalue weighted by Gasteiger charge is 2.16. The van der Waals surface area contributed by atoms with Gasteiger partial charge < -0.3 is 10.4 Å². The van der Waals surface area contributed by atoms with Gasteiger partial charge in [0.1, 0.15) is 11.6 Å². The quantitative estimate of drug-likeness (QED) is 0.558. The lowest BCUT2D eigenvalue weighted by molar-refractivity contribution is 0.311. The lowest BCUT2D eigenvalue weighted by atomic mass is 10.3. The number of anilines is 1. The van der Waals surface area contributed by atoms with Crippen LogP contribution in [0.3, 0.4) is 0 Å². The highest BCUT2D eigenvalue weighted by atomic mass is 35.5. The number of aliphatic hydroxyl groups is 1. The normalized spacial score (nSPS) is 11.0. The van der Waals surface area contributed by atoms with Crippen molar-refractivity contribution < 1.29 is 5.11 Å². The average Bonchev–Trinajstić information content (AvgIpc) is 3.07. The molecule has 0 fully saturated rings. The molecule has 130 valence electrons. The molecule has 4 aromatic heterocycles. The lowest BCUT2D eigenvalue weighted by Crippen LogP contribution is -2.08. The van der Waals surface area contributed by atoms with Crippen LogP contribution in [0.4, 0.5) is 5.95 Å². The third-order valence-electron chi connectivity index (χ3n) is 3.70. The molecule has 0 aliphatic rings. The van der Waals surface area contributed by atoms with Crippen LogP contribution in [0.25, 0.3) is 28.2 Å². The number of rotatable bonds is 5. The van der Waals surface area contributed by atoms with E-state index in [0.717, 1.165) is 16.6 Å². The van der Waals surface area contributed by atoms with Gasteiger partial charge in [-0.1, -0.05) is 11.6 Å². The topological polar surface area (TPSA) is 102 Å². The number of aliphatic hydroxyl groups excluding tert-OH is 1. The van der Waals surface area contributed by atoms with E-state index in [0.29, 0.717) is 29.2 Å². The molecule has 26 heavy (non-hydrogen) atoms. The largest absolute Gasteiger partial charge is 0.395 e. The number of imidazole rings is 1. The number of hydrogen-bond donors (Lipinski definition) is 2. The first-order valence-electron chi connectivity index (χ1n) is 7.88. The van der Waals surface area contributed by atoms with Crippen molar-refractivity contribution in [2.75, 3.05) is 18.5 Å². The molecule has 0 aromatic carbocycles. The number of pyridine rings is 2. The van der Waals surface area contributed by atoms with Crippen molar-refractivity contribution in [3.8, 4) is 17.2 Å². The second kappa shape index (κ2) is 7.03. The maximum absolute atomic E-state index is 8.87. The molecule has 4 rings (SSSR count). The van der Waals surface area contributed by atoms with Gasteiger partial charge in [-0.05, 0) is 18.2 Å². The van der Waals surface area contributed by atoms with E-state index < -0.39 is 0 Å². The minimum absolute atomic E-state index is 0.0101. The van der Waals surface area contributed by atoms with Crippen LogP contribution in [-0.2, 0) is 0 Å².